The molecule has 0 spiro atoms. The summed E-state index contributed by atoms with van der Waals surface area (Å²) in [5.74, 6) is -0.616. The SMILES string of the molecule is Cc1cc(N)n(C2CCC(C(F)(F)F)CC2)n1. The molecular formula is C11H16F3N3. The van der Waals surface area contributed by atoms with Crippen LogP contribution in [0, 0.1) is 12.8 Å². The molecule has 1 aromatic rings. The van der Waals surface area contributed by atoms with Crippen LogP contribution in [0.5, 0.6) is 0 Å². The van der Waals surface area contributed by atoms with Gasteiger partial charge in [0.25, 0.3) is 0 Å². The van der Waals surface area contributed by atoms with Crippen molar-refractivity contribution in [3.63, 3.8) is 0 Å². The summed E-state index contributed by atoms with van der Waals surface area (Å²) in [5.41, 5.74) is 6.58. The van der Waals surface area contributed by atoms with Crippen LogP contribution >= 0.6 is 0 Å². The van der Waals surface area contributed by atoms with Gasteiger partial charge < -0.3 is 5.73 Å². The minimum atomic E-state index is -4.06. The molecule has 0 aromatic carbocycles. The smallest absolute Gasteiger partial charge is 0.384 e. The van der Waals surface area contributed by atoms with Gasteiger partial charge >= 0.3 is 6.18 Å². The van der Waals surface area contributed by atoms with Gasteiger partial charge in [0.1, 0.15) is 5.82 Å². The summed E-state index contributed by atoms with van der Waals surface area (Å²) in [7, 11) is 0. The fourth-order valence-electron chi connectivity index (χ4n) is 2.48. The molecule has 0 unspecified atom stereocenters. The molecule has 0 saturated heterocycles. The Hall–Kier alpha value is -1.20. The average Bonchev–Trinajstić information content (AvgIpc) is 2.57. The van der Waals surface area contributed by atoms with Crippen molar-refractivity contribution < 1.29 is 13.2 Å². The monoisotopic (exact) mass is 247 g/mol. The molecule has 0 amide bonds. The van der Waals surface area contributed by atoms with Crippen LogP contribution < -0.4 is 5.73 Å². The third kappa shape index (κ3) is 2.56. The molecule has 0 radical (unpaired) electrons. The molecule has 1 heterocycles. The van der Waals surface area contributed by atoms with Crippen molar-refractivity contribution in [1.82, 2.24) is 9.78 Å². The van der Waals surface area contributed by atoms with Crippen LogP contribution in [0.15, 0.2) is 6.07 Å². The van der Waals surface area contributed by atoms with Gasteiger partial charge in [-0.05, 0) is 32.6 Å². The minimum Gasteiger partial charge on any atom is -0.384 e. The molecular weight excluding hydrogens is 231 g/mol. The largest absolute Gasteiger partial charge is 0.391 e. The van der Waals surface area contributed by atoms with Crippen LogP contribution in [0.1, 0.15) is 37.4 Å². The van der Waals surface area contributed by atoms with E-state index in [0.29, 0.717) is 18.7 Å². The predicted octanol–water partition coefficient (Wildman–Crippen LogP) is 3.07. The maximum Gasteiger partial charge on any atom is 0.391 e. The highest BCUT2D eigenvalue weighted by Crippen LogP contribution is 2.41. The number of nitrogen functional groups attached to an aromatic ring is 1. The lowest BCUT2D eigenvalue weighted by atomic mass is 9.85. The first-order valence-corrected chi connectivity index (χ1v) is 5.76. The van der Waals surface area contributed by atoms with Crippen LogP contribution in [0.25, 0.3) is 0 Å². The highest BCUT2D eigenvalue weighted by molar-refractivity contribution is 5.30. The fourth-order valence-corrected chi connectivity index (χ4v) is 2.48. The van der Waals surface area contributed by atoms with E-state index in [0.717, 1.165) is 5.69 Å². The van der Waals surface area contributed by atoms with Crippen molar-refractivity contribution in [3.05, 3.63) is 11.8 Å². The Kier molecular flexibility index (Phi) is 3.05. The molecule has 2 rings (SSSR count). The van der Waals surface area contributed by atoms with Crippen molar-refractivity contribution in [3.8, 4) is 0 Å². The molecule has 6 heteroatoms. The highest BCUT2D eigenvalue weighted by Gasteiger charge is 2.41. The summed E-state index contributed by atoms with van der Waals surface area (Å²) >= 11 is 0. The van der Waals surface area contributed by atoms with Gasteiger partial charge in [-0.15, -0.1) is 0 Å². The first kappa shape index (κ1) is 12.3. The number of rotatable bonds is 1. The van der Waals surface area contributed by atoms with Crippen LogP contribution in [0.4, 0.5) is 19.0 Å². The minimum absolute atomic E-state index is 0.0160. The van der Waals surface area contributed by atoms with E-state index >= 15 is 0 Å². The van der Waals surface area contributed by atoms with Gasteiger partial charge in [0.2, 0.25) is 0 Å². The van der Waals surface area contributed by atoms with E-state index in [4.69, 9.17) is 5.73 Å². The Morgan fingerprint density at radius 2 is 1.88 bits per heavy atom. The van der Waals surface area contributed by atoms with Gasteiger partial charge in [-0.1, -0.05) is 0 Å². The summed E-state index contributed by atoms with van der Waals surface area (Å²) in [6.45, 7) is 1.83. The lowest BCUT2D eigenvalue weighted by Crippen LogP contribution is -2.29. The van der Waals surface area contributed by atoms with Crippen LogP contribution in [0.3, 0.4) is 0 Å². The van der Waals surface area contributed by atoms with Gasteiger partial charge in [-0.2, -0.15) is 18.3 Å². The van der Waals surface area contributed by atoms with Crippen molar-refractivity contribution in [2.24, 2.45) is 5.92 Å². The molecule has 96 valence electrons. The van der Waals surface area contributed by atoms with Gasteiger partial charge in [0.15, 0.2) is 0 Å². The van der Waals surface area contributed by atoms with E-state index in [1.54, 1.807) is 10.7 Å². The van der Waals surface area contributed by atoms with Gasteiger partial charge in [0, 0.05) is 6.07 Å². The van der Waals surface area contributed by atoms with Crippen LogP contribution in [-0.2, 0) is 0 Å². The van der Waals surface area contributed by atoms with Crippen molar-refractivity contribution >= 4 is 5.82 Å². The maximum absolute atomic E-state index is 12.5. The maximum atomic E-state index is 12.5. The van der Waals surface area contributed by atoms with Crippen molar-refractivity contribution in [1.29, 1.82) is 0 Å². The fraction of sp³-hybridized carbons (Fsp3) is 0.727. The normalized spacial score (nSPS) is 26.1. The molecule has 3 nitrogen and oxygen atoms in total. The third-order valence-electron chi connectivity index (χ3n) is 3.39. The molecule has 1 saturated carbocycles. The second-order valence-corrected chi connectivity index (χ2v) is 4.70. The number of nitrogens with zero attached hydrogens (tertiary/aromatic N) is 2. The Bertz CT molecular complexity index is 389. The number of hydrogen-bond acceptors (Lipinski definition) is 2. The number of hydrogen-bond donors (Lipinski definition) is 1. The number of nitrogens with two attached hydrogens (primary N) is 1. The average molecular weight is 247 g/mol. The highest BCUT2D eigenvalue weighted by atomic mass is 19.4. The molecule has 0 aliphatic heterocycles. The quantitative estimate of drug-likeness (QED) is 0.828. The van der Waals surface area contributed by atoms with E-state index in [2.05, 4.69) is 5.10 Å². The zero-order valence-electron chi connectivity index (χ0n) is 9.67. The van der Waals surface area contributed by atoms with E-state index < -0.39 is 12.1 Å². The lowest BCUT2D eigenvalue weighted by Gasteiger charge is -2.30. The molecule has 1 fully saturated rings. The summed E-state index contributed by atoms with van der Waals surface area (Å²) < 4.78 is 39.2. The number of halogens is 3. The van der Waals surface area contributed by atoms with Crippen molar-refractivity contribution in [2.45, 2.75) is 44.8 Å². The Balaban J connectivity index is 2.02. The van der Waals surface area contributed by atoms with E-state index in [9.17, 15) is 13.2 Å². The molecule has 1 aliphatic carbocycles. The Labute approximate surface area is 97.8 Å². The van der Waals surface area contributed by atoms with Crippen molar-refractivity contribution in [2.75, 3.05) is 5.73 Å². The zero-order chi connectivity index (χ0) is 12.6. The van der Waals surface area contributed by atoms with E-state index in [1.807, 2.05) is 6.92 Å². The van der Waals surface area contributed by atoms with Crippen LogP contribution in [0.2, 0.25) is 0 Å². The predicted molar refractivity (Wildman–Crippen MR) is 58.4 cm³/mol. The summed E-state index contributed by atoms with van der Waals surface area (Å²) in [5, 5.41) is 4.23. The third-order valence-corrected chi connectivity index (χ3v) is 3.39. The molecule has 2 N–H and O–H groups in total. The van der Waals surface area contributed by atoms with E-state index in [1.165, 1.54) is 0 Å². The van der Waals surface area contributed by atoms with Gasteiger partial charge in [0.05, 0.1) is 17.7 Å². The first-order chi connectivity index (χ1) is 7.88. The molecule has 1 aromatic heterocycles. The number of aromatic nitrogens is 2. The topological polar surface area (TPSA) is 43.8 Å². The molecule has 1 aliphatic rings. The number of aryl methyl sites for hydroxylation is 1. The molecule has 0 bridgehead atoms. The van der Waals surface area contributed by atoms with Crippen LogP contribution in [-0.4, -0.2) is 16.0 Å². The summed E-state index contributed by atoms with van der Waals surface area (Å²) in [6, 6.07) is 1.76. The van der Waals surface area contributed by atoms with Gasteiger partial charge in [-0.25, -0.2) is 4.68 Å². The summed E-state index contributed by atoms with van der Waals surface area (Å²) in [6.07, 6.45) is -2.72. The Morgan fingerprint density at radius 1 is 1.29 bits per heavy atom. The second-order valence-electron chi connectivity index (χ2n) is 4.70. The number of alkyl halides is 3. The molecule has 0 atom stereocenters. The van der Waals surface area contributed by atoms with Gasteiger partial charge in [-0.3, -0.25) is 0 Å². The first-order valence-electron chi connectivity index (χ1n) is 5.76. The zero-order valence-corrected chi connectivity index (χ0v) is 9.67. The summed E-state index contributed by atoms with van der Waals surface area (Å²) in [4.78, 5) is 0. The second kappa shape index (κ2) is 4.23. The Morgan fingerprint density at radius 3 is 2.29 bits per heavy atom. The lowest BCUT2D eigenvalue weighted by molar-refractivity contribution is -0.183. The standard InChI is InChI=1S/C11H16F3N3/c1-7-6-10(15)17(16-7)9-4-2-8(3-5-9)11(12,13)14/h6,8-9H,2-5,15H2,1H3. The molecule has 17 heavy (non-hydrogen) atoms. The van der Waals surface area contributed by atoms with E-state index in [-0.39, 0.29) is 18.9 Å². The number of anilines is 1.